The molecule has 1 rings (SSSR count). The Balaban J connectivity index is 2.29. The summed E-state index contributed by atoms with van der Waals surface area (Å²) in [6.45, 7) is 1.91. The van der Waals surface area contributed by atoms with Crippen molar-refractivity contribution >= 4 is 6.09 Å². The highest BCUT2D eigenvalue weighted by Gasteiger charge is 2.39. The Labute approximate surface area is 147 Å². The molecule has 7 heteroatoms. The highest BCUT2D eigenvalue weighted by atomic mass is 19.4. The van der Waals surface area contributed by atoms with Crippen LogP contribution in [-0.2, 0) is 11.2 Å². The number of hydrogen-bond acceptors (Lipinski definition) is 3. The van der Waals surface area contributed by atoms with E-state index >= 15 is 0 Å². The van der Waals surface area contributed by atoms with Crippen LogP contribution in [0.15, 0.2) is 30.3 Å². The van der Waals surface area contributed by atoms with Crippen LogP contribution in [0.1, 0.15) is 38.2 Å². The Morgan fingerprint density at radius 2 is 1.88 bits per heavy atom. The van der Waals surface area contributed by atoms with E-state index in [-0.39, 0.29) is 13.2 Å². The van der Waals surface area contributed by atoms with Gasteiger partial charge in [0.05, 0.1) is 6.61 Å². The smallest absolute Gasteiger partial charge is 0.407 e. The van der Waals surface area contributed by atoms with Crippen molar-refractivity contribution in [3.05, 3.63) is 35.9 Å². The van der Waals surface area contributed by atoms with Crippen molar-refractivity contribution in [2.24, 2.45) is 0 Å². The van der Waals surface area contributed by atoms with Gasteiger partial charge in [0.15, 0.2) is 0 Å². The molecule has 1 atom stereocenters. The quantitative estimate of drug-likeness (QED) is 0.585. The van der Waals surface area contributed by atoms with Gasteiger partial charge in [0.25, 0.3) is 0 Å². The zero-order valence-corrected chi connectivity index (χ0v) is 14.6. The lowest BCUT2D eigenvalue weighted by Gasteiger charge is -2.22. The van der Waals surface area contributed by atoms with Crippen LogP contribution < -0.4 is 10.6 Å². The average Bonchev–Trinajstić information content (AvgIpc) is 2.57. The Kier molecular flexibility index (Phi) is 9.99. The number of carbonyl (C=O) groups excluding carboxylic acids is 1. The molecule has 1 aromatic carbocycles. The molecule has 1 amide bonds. The van der Waals surface area contributed by atoms with E-state index in [0.717, 1.165) is 31.2 Å². The van der Waals surface area contributed by atoms with Crippen molar-refractivity contribution in [3.63, 3.8) is 0 Å². The predicted molar refractivity (Wildman–Crippen MR) is 91.5 cm³/mol. The van der Waals surface area contributed by atoms with Gasteiger partial charge in [-0.1, -0.05) is 56.5 Å². The predicted octanol–water partition coefficient (Wildman–Crippen LogP) is 4.06. The molecule has 0 aromatic heterocycles. The SMILES string of the molecule is CCCCCCOC(=O)NCC(NCCc1ccccc1)C(F)(F)F. The molecule has 2 N–H and O–H groups in total. The van der Waals surface area contributed by atoms with E-state index in [2.05, 4.69) is 17.6 Å². The van der Waals surface area contributed by atoms with Gasteiger partial charge in [-0.05, 0) is 24.9 Å². The van der Waals surface area contributed by atoms with Crippen LogP contribution >= 0.6 is 0 Å². The van der Waals surface area contributed by atoms with Gasteiger partial charge in [0.1, 0.15) is 6.04 Å². The van der Waals surface area contributed by atoms with Gasteiger partial charge in [-0.2, -0.15) is 13.2 Å². The highest BCUT2D eigenvalue weighted by Crippen LogP contribution is 2.19. The zero-order valence-electron chi connectivity index (χ0n) is 14.6. The summed E-state index contributed by atoms with van der Waals surface area (Å²) in [5.74, 6) is 0. The Morgan fingerprint density at radius 1 is 1.16 bits per heavy atom. The number of rotatable bonds is 11. The van der Waals surface area contributed by atoms with Crippen LogP contribution in [0.5, 0.6) is 0 Å². The molecule has 0 spiro atoms. The molecule has 0 heterocycles. The molecule has 1 unspecified atom stereocenters. The summed E-state index contributed by atoms with van der Waals surface area (Å²) in [6, 6.07) is 7.46. The van der Waals surface area contributed by atoms with Crippen LogP contribution in [0.2, 0.25) is 0 Å². The second-order valence-electron chi connectivity index (χ2n) is 5.86. The van der Waals surface area contributed by atoms with E-state index in [4.69, 9.17) is 4.74 Å². The van der Waals surface area contributed by atoms with Gasteiger partial charge >= 0.3 is 12.3 Å². The normalized spacial score (nSPS) is 12.6. The maximum atomic E-state index is 13.0. The number of carbonyl (C=O) groups is 1. The first kappa shape index (κ1) is 21.3. The van der Waals surface area contributed by atoms with Crippen molar-refractivity contribution in [2.45, 2.75) is 51.2 Å². The van der Waals surface area contributed by atoms with Crippen molar-refractivity contribution in [1.82, 2.24) is 10.6 Å². The maximum absolute atomic E-state index is 13.0. The number of nitrogens with one attached hydrogen (secondary N) is 2. The third-order valence-electron chi connectivity index (χ3n) is 3.72. The molecule has 4 nitrogen and oxygen atoms in total. The van der Waals surface area contributed by atoms with Crippen molar-refractivity contribution in [3.8, 4) is 0 Å². The minimum atomic E-state index is -4.44. The Morgan fingerprint density at radius 3 is 2.52 bits per heavy atom. The number of benzene rings is 1. The minimum absolute atomic E-state index is 0.169. The van der Waals surface area contributed by atoms with Gasteiger partial charge < -0.3 is 15.4 Å². The van der Waals surface area contributed by atoms with Crippen LogP contribution in [0.3, 0.4) is 0 Å². The van der Waals surface area contributed by atoms with E-state index in [1.54, 1.807) is 0 Å². The maximum Gasteiger partial charge on any atom is 0.407 e. The largest absolute Gasteiger partial charge is 0.450 e. The molecule has 0 aliphatic rings. The number of alkyl halides is 3. The van der Waals surface area contributed by atoms with E-state index < -0.39 is 24.9 Å². The number of hydrogen-bond donors (Lipinski definition) is 2. The molecule has 0 fully saturated rings. The molecule has 0 saturated heterocycles. The topological polar surface area (TPSA) is 50.4 Å². The summed E-state index contributed by atoms with van der Waals surface area (Å²) in [7, 11) is 0. The lowest BCUT2D eigenvalue weighted by atomic mass is 10.1. The molecule has 0 radical (unpaired) electrons. The first-order valence-corrected chi connectivity index (χ1v) is 8.68. The standard InChI is InChI=1S/C18H27F3N2O2/c1-2-3-4-8-13-25-17(24)23-14-16(18(19,20)21)22-12-11-15-9-6-5-7-10-15/h5-7,9-10,16,22H,2-4,8,11-14H2,1H3,(H,23,24). The molecule has 142 valence electrons. The fourth-order valence-corrected chi connectivity index (χ4v) is 2.27. The van der Waals surface area contributed by atoms with E-state index in [1.807, 2.05) is 30.3 Å². The zero-order chi connectivity index (χ0) is 18.5. The number of alkyl carbamates (subject to hydrolysis) is 1. The van der Waals surface area contributed by atoms with E-state index in [0.29, 0.717) is 6.42 Å². The summed E-state index contributed by atoms with van der Waals surface area (Å²) >= 11 is 0. The lowest BCUT2D eigenvalue weighted by Crippen LogP contribution is -2.50. The number of amides is 1. The number of unbranched alkanes of at least 4 members (excludes halogenated alkanes) is 3. The van der Waals surface area contributed by atoms with Crippen molar-refractivity contribution in [2.75, 3.05) is 19.7 Å². The highest BCUT2D eigenvalue weighted by molar-refractivity contribution is 5.67. The second kappa shape index (κ2) is 11.7. The third-order valence-corrected chi connectivity index (χ3v) is 3.72. The monoisotopic (exact) mass is 360 g/mol. The molecule has 25 heavy (non-hydrogen) atoms. The van der Waals surface area contributed by atoms with E-state index in [9.17, 15) is 18.0 Å². The van der Waals surface area contributed by atoms with Crippen molar-refractivity contribution < 1.29 is 22.7 Å². The van der Waals surface area contributed by atoms with Gasteiger partial charge in [0.2, 0.25) is 0 Å². The summed E-state index contributed by atoms with van der Waals surface area (Å²) in [5, 5.41) is 4.64. The molecule has 0 aliphatic heterocycles. The summed E-state index contributed by atoms with van der Waals surface area (Å²) in [5.41, 5.74) is 0.954. The second-order valence-corrected chi connectivity index (χ2v) is 5.86. The fourth-order valence-electron chi connectivity index (χ4n) is 2.27. The number of halogens is 3. The molecule has 0 aliphatic carbocycles. The molecule has 0 bridgehead atoms. The van der Waals surface area contributed by atoms with Crippen molar-refractivity contribution in [1.29, 1.82) is 0 Å². The van der Waals surface area contributed by atoms with Gasteiger partial charge in [-0.3, -0.25) is 0 Å². The minimum Gasteiger partial charge on any atom is -0.450 e. The summed E-state index contributed by atoms with van der Waals surface area (Å²) < 4.78 is 44.0. The first-order chi connectivity index (χ1) is 11.9. The van der Waals surface area contributed by atoms with Crippen LogP contribution in [0.25, 0.3) is 0 Å². The van der Waals surface area contributed by atoms with Gasteiger partial charge in [0, 0.05) is 6.54 Å². The third kappa shape index (κ3) is 9.96. The van der Waals surface area contributed by atoms with Gasteiger partial charge in [-0.25, -0.2) is 4.79 Å². The first-order valence-electron chi connectivity index (χ1n) is 8.68. The Hall–Kier alpha value is -1.76. The molecule has 1 aromatic rings. The van der Waals surface area contributed by atoms with E-state index in [1.165, 1.54) is 0 Å². The molecular formula is C18H27F3N2O2. The average molecular weight is 360 g/mol. The van der Waals surface area contributed by atoms with Gasteiger partial charge in [-0.15, -0.1) is 0 Å². The Bertz CT molecular complexity index is 481. The molecular weight excluding hydrogens is 333 g/mol. The molecule has 0 saturated carbocycles. The summed E-state index contributed by atoms with van der Waals surface area (Å²) in [4.78, 5) is 11.5. The van der Waals surface area contributed by atoms with Crippen LogP contribution in [0.4, 0.5) is 18.0 Å². The van der Waals surface area contributed by atoms with Crippen LogP contribution in [-0.4, -0.2) is 38.0 Å². The summed E-state index contributed by atoms with van der Waals surface area (Å²) in [6.07, 6.45) is -0.994. The lowest BCUT2D eigenvalue weighted by molar-refractivity contribution is -0.154. The van der Waals surface area contributed by atoms with Crippen LogP contribution in [0, 0.1) is 0 Å². The number of ether oxygens (including phenoxy) is 1. The fraction of sp³-hybridized carbons (Fsp3) is 0.611.